The molecule has 6 heteroatoms. The maximum atomic E-state index is 13.3. The Balaban J connectivity index is 1.55. The van der Waals surface area contributed by atoms with Crippen molar-refractivity contribution in [3.63, 3.8) is 0 Å². The molecule has 1 amide bonds. The Labute approximate surface area is 151 Å². The molecule has 2 aromatic heterocycles. The molecule has 5 rings (SSSR count). The molecule has 1 atom stereocenters. The van der Waals surface area contributed by atoms with Crippen LogP contribution < -0.4 is 0 Å². The van der Waals surface area contributed by atoms with Crippen molar-refractivity contribution < 1.29 is 4.79 Å². The van der Waals surface area contributed by atoms with Crippen molar-refractivity contribution in [1.29, 1.82) is 0 Å². The number of nitrogens with one attached hydrogen (secondary N) is 1. The highest BCUT2D eigenvalue weighted by molar-refractivity contribution is 5.93. The summed E-state index contributed by atoms with van der Waals surface area (Å²) in [5.74, 6) is 1.44. The fourth-order valence-corrected chi connectivity index (χ4v) is 3.82. The number of hydrogen-bond acceptors (Lipinski definition) is 3. The lowest BCUT2D eigenvalue weighted by molar-refractivity contribution is 0.0700. The number of carbonyl (C=O) groups is 1. The molecule has 1 unspecified atom stereocenters. The van der Waals surface area contributed by atoms with E-state index in [0.29, 0.717) is 18.2 Å². The van der Waals surface area contributed by atoms with Crippen LogP contribution in [0.5, 0.6) is 0 Å². The summed E-state index contributed by atoms with van der Waals surface area (Å²) in [7, 11) is 0. The smallest absolute Gasteiger partial charge is 0.275 e. The van der Waals surface area contributed by atoms with Crippen LogP contribution in [0.4, 0.5) is 0 Å². The predicted molar refractivity (Wildman–Crippen MR) is 96.7 cm³/mol. The third-order valence-corrected chi connectivity index (χ3v) is 5.31. The molecule has 0 radical (unpaired) electrons. The van der Waals surface area contributed by atoms with Gasteiger partial charge in [-0.3, -0.25) is 9.89 Å². The van der Waals surface area contributed by atoms with Crippen molar-refractivity contribution in [3.05, 3.63) is 71.6 Å². The molecule has 26 heavy (non-hydrogen) atoms. The number of aryl methyl sites for hydroxylation is 1. The second-order valence-corrected chi connectivity index (χ2v) is 7.13. The van der Waals surface area contributed by atoms with Crippen LogP contribution in [0.3, 0.4) is 0 Å². The molecule has 1 fully saturated rings. The molecule has 1 aromatic carbocycles. The van der Waals surface area contributed by atoms with Gasteiger partial charge >= 0.3 is 0 Å². The van der Waals surface area contributed by atoms with E-state index in [-0.39, 0.29) is 11.9 Å². The van der Waals surface area contributed by atoms with E-state index >= 15 is 0 Å². The first-order valence-electron chi connectivity index (χ1n) is 9.23. The summed E-state index contributed by atoms with van der Waals surface area (Å²) in [6, 6.07) is 11.9. The van der Waals surface area contributed by atoms with Crippen LogP contribution in [0.1, 0.15) is 58.8 Å². The molecule has 0 saturated heterocycles. The van der Waals surface area contributed by atoms with Crippen molar-refractivity contribution in [2.75, 3.05) is 6.54 Å². The van der Waals surface area contributed by atoms with E-state index in [1.807, 2.05) is 41.6 Å². The van der Waals surface area contributed by atoms with E-state index in [2.05, 4.69) is 31.9 Å². The van der Waals surface area contributed by atoms with Gasteiger partial charge in [-0.05, 0) is 30.9 Å². The maximum absolute atomic E-state index is 13.3. The highest BCUT2D eigenvalue weighted by Crippen LogP contribution is 2.39. The molecule has 132 valence electrons. The van der Waals surface area contributed by atoms with Crippen LogP contribution in [0.2, 0.25) is 0 Å². The first kappa shape index (κ1) is 15.4. The number of rotatable bonds is 3. The van der Waals surface area contributed by atoms with E-state index in [0.717, 1.165) is 30.0 Å². The molecule has 1 saturated carbocycles. The number of imidazole rings is 1. The van der Waals surface area contributed by atoms with E-state index in [1.165, 1.54) is 12.8 Å². The number of nitrogens with zero attached hydrogens (tertiary/aromatic N) is 4. The lowest BCUT2D eigenvalue weighted by Crippen LogP contribution is -2.36. The minimum absolute atomic E-state index is 0.0292. The monoisotopic (exact) mass is 347 g/mol. The van der Waals surface area contributed by atoms with Gasteiger partial charge in [0.15, 0.2) is 0 Å². The van der Waals surface area contributed by atoms with Crippen LogP contribution in [-0.4, -0.2) is 37.1 Å². The molecule has 1 aliphatic heterocycles. The molecule has 6 nitrogen and oxygen atoms in total. The fourth-order valence-electron chi connectivity index (χ4n) is 3.82. The Morgan fingerprint density at radius 1 is 1.15 bits per heavy atom. The second kappa shape index (κ2) is 6.12. The summed E-state index contributed by atoms with van der Waals surface area (Å²) >= 11 is 0. The average Bonchev–Trinajstić information content (AvgIpc) is 3.29. The number of benzene rings is 1. The summed E-state index contributed by atoms with van der Waals surface area (Å²) in [6.07, 6.45) is 7.09. The van der Waals surface area contributed by atoms with Gasteiger partial charge in [-0.25, -0.2) is 4.98 Å². The van der Waals surface area contributed by atoms with Gasteiger partial charge in [0.2, 0.25) is 0 Å². The van der Waals surface area contributed by atoms with Crippen LogP contribution in [-0.2, 0) is 6.54 Å². The fraction of sp³-hybridized carbons (Fsp3) is 0.350. The molecule has 2 aliphatic rings. The first-order valence-corrected chi connectivity index (χ1v) is 9.23. The molecular formula is C20H21N5O. The van der Waals surface area contributed by atoms with Crippen LogP contribution in [0, 0.1) is 0 Å². The Bertz CT molecular complexity index is 925. The summed E-state index contributed by atoms with van der Waals surface area (Å²) in [5, 5.41) is 7.37. The van der Waals surface area contributed by atoms with Gasteiger partial charge < -0.3 is 9.47 Å². The number of hydrogen-bond donors (Lipinski definition) is 1. The predicted octanol–water partition coefficient (Wildman–Crippen LogP) is 3.12. The second-order valence-electron chi connectivity index (χ2n) is 7.13. The van der Waals surface area contributed by atoms with E-state index in [1.54, 1.807) is 0 Å². The van der Waals surface area contributed by atoms with Crippen molar-refractivity contribution >= 4 is 5.91 Å². The third kappa shape index (κ3) is 2.62. The SMILES string of the molecule is O=C(c1cc(C2CC2)[nH]n1)N1CCCn2ccnc2C1c1ccccc1. The summed E-state index contributed by atoms with van der Waals surface area (Å²) in [5.41, 5.74) is 2.67. The first-order chi connectivity index (χ1) is 12.8. The lowest BCUT2D eigenvalue weighted by Gasteiger charge is -2.29. The Morgan fingerprint density at radius 2 is 2.00 bits per heavy atom. The molecule has 3 aromatic rings. The molecule has 0 bridgehead atoms. The van der Waals surface area contributed by atoms with E-state index in [4.69, 9.17) is 0 Å². The molecule has 1 N–H and O–H groups in total. The van der Waals surface area contributed by atoms with Crippen molar-refractivity contribution in [2.24, 2.45) is 0 Å². The summed E-state index contributed by atoms with van der Waals surface area (Å²) < 4.78 is 2.16. The molecule has 3 heterocycles. The quantitative estimate of drug-likeness (QED) is 0.791. The molecule has 1 aliphatic carbocycles. The minimum Gasteiger partial charge on any atom is -0.333 e. The zero-order valence-corrected chi connectivity index (χ0v) is 14.5. The Morgan fingerprint density at radius 3 is 2.81 bits per heavy atom. The zero-order valence-electron chi connectivity index (χ0n) is 14.5. The van der Waals surface area contributed by atoms with Crippen LogP contribution >= 0.6 is 0 Å². The van der Waals surface area contributed by atoms with Crippen molar-refractivity contribution in [3.8, 4) is 0 Å². The largest absolute Gasteiger partial charge is 0.333 e. The van der Waals surface area contributed by atoms with Gasteiger partial charge in [-0.2, -0.15) is 5.10 Å². The highest BCUT2D eigenvalue weighted by atomic mass is 16.2. The number of aromatic amines is 1. The van der Waals surface area contributed by atoms with Crippen molar-refractivity contribution in [1.82, 2.24) is 24.6 Å². The van der Waals surface area contributed by atoms with Gasteiger partial charge in [0, 0.05) is 37.1 Å². The number of aromatic nitrogens is 4. The standard InChI is InChI=1S/C20H21N5O/c26-20(17-13-16(22-23-17)14-7-8-14)25-11-4-10-24-12-9-21-19(24)18(25)15-5-2-1-3-6-15/h1-3,5-6,9,12-14,18H,4,7-8,10-11H2,(H,22,23). The third-order valence-electron chi connectivity index (χ3n) is 5.31. The minimum atomic E-state index is -0.192. The highest BCUT2D eigenvalue weighted by Gasteiger charge is 2.34. The zero-order chi connectivity index (χ0) is 17.5. The number of H-pyrrole nitrogens is 1. The topological polar surface area (TPSA) is 66.8 Å². The van der Waals surface area contributed by atoms with Gasteiger partial charge in [-0.1, -0.05) is 30.3 Å². The van der Waals surface area contributed by atoms with Gasteiger partial charge in [-0.15, -0.1) is 0 Å². The van der Waals surface area contributed by atoms with Crippen LogP contribution in [0.25, 0.3) is 0 Å². The van der Waals surface area contributed by atoms with Crippen LogP contribution in [0.15, 0.2) is 48.8 Å². The van der Waals surface area contributed by atoms with Crippen molar-refractivity contribution in [2.45, 2.75) is 37.8 Å². The molecular weight excluding hydrogens is 326 g/mol. The average molecular weight is 347 g/mol. The number of fused-ring (bicyclic) bond motifs is 1. The maximum Gasteiger partial charge on any atom is 0.275 e. The normalized spacial score (nSPS) is 19.8. The van der Waals surface area contributed by atoms with E-state index < -0.39 is 0 Å². The Hall–Kier alpha value is -2.89. The summed E-state index contributed by atoms with van der Waals surface area (Å²) in [6.45, 7) is 1.56. The lowest BCUT2D eigenvalue weighted by atomic mass is 10.0. The van der Waals surface area contributed by atoms with Gasteiger partial charge in [0.05, 0.1) is 0 Å². The van der Waals surface area contributed by atoms with Gasteiger partial charge in [0.25, 0.3) is 5.91 Å². The van der Waals surface area contributed by atoms with E-state index in [9.17, 15) is 4.79 Å². The number of amides is 1. The summed E-state index contributed by atoms with van der Waals surface area (Å²) in [4.78, 5) is 19.8. The molecule has 0 spiro atoms. The van der Waals surface area contributed by atoms with Gasteiger partial charge in [0.1, 0.15) is 17.6 Å². The number of carbonyl (C=O) groups excluding carboxylic acids is 1. The Kier molecular flexibility index (Phi) is 3.62.